The molecule has 0 spiro atoms. The van der Waals surface area contributed by atoms with Crippen molar-refractivity contribution < 1.29 is 35.7 Å². The van der Waals surface area contributed by atoms with E-state index in [9.17, 15) is 24.5 Å². The second-order valence-electron chi connectivity index (χ2n) is 9.11. The summed E-state index contributed by atoms with van der Waals surface area (Å²) in [6, 6.07) is 12.3. The highest BCUT2D eigenvalue weighted by Gasteiger charge is 2.30. The van der Waals surface area contributed by atoms with E-state index in [1.54, 1.807) is 57.5 Å². The lowest BCUT2D eigenvalue weighted by atomic mass is 10.1. The molecule has 0 aliphatic heterocycles. The average molecular weight is 549 g/mol. The highest BCUT2D eigenvalue weighted by atomic mass is 35.5. The minimum Gasteiger partial charge on any atom is -1.00 e. The van der Waals surface area contributed by atoms with Gasteiger partial charge in [0.15, 0.2) is 6.54 Å². The third-order valence-electron chi connectivity index (χ3n) is 5.06. The molecule has 0 atom stereocenters. The number of carbonyl (C=O) groups excluding carboxylic acids is 3. The van der Waals surface area contributed by atoms with Crippen molar-refractivity contribution >= 4 is 51.6 Å². The number of likely N-dealkylation sites (N-methyl/N-ethyl adjacent to an activating group) is 1. The molecule has 0 aliphatic rings. The normalized spacial score (nSPS) is 11.5. The van der Waals surface area contributed by atoms with Crippen LogP contribution < -0.4 is 27.6 Å². The average Bonchev–Trinajstić information content (AvgIpc) is 2.80. The number of benzene rings is 2. The summed E-state index contributed by atoms with van der Waals surface area (Å²) in [7, 11) is 5.40. The van der Waals surface area contributed by atoms with Gasteiger partial charge in [-0.25, -0.2) is 5.43 Å². The molecular formula is C24H26Cl2N6O5. The number of amides is 2. The van der Waals surface area contributed by atoms with Gasteiger partial charge >= 0.3 is 5.69 Å². The van der Waals surface area contributed by atoms with E-state index in [1.165, 1.54) is 19.1 Å². The number of quaternary nitrogens is 1. The molecule has 0 saturated carbocycles. The molecule has 2 N–H and O–H groups in total. The Bertz CT molecular complexity index is 1430. The summed E-state index contributed by atoms with van der Waals surface area (Å²) in [5, 5.41) is 19.6. The van der Waals surface area contributed by atoms with E-state index in [1.807, 2.05) is 0 Å². The number of fused-ring (bicyclic) bond motifs is 1. The number of aromatic nitrogens is 2. The molecular weight excluding hydrogens is 523 g/mol. The van der Waals surface area contributed by atoms with Crippen LogP contribution in [0.3, 0.4) is 0 Å². The molecule has 196 valence electrons. The summed E-state index contributed by atoms with van der Waals surface area (Å²) in [5.74, 6) is -2.07. The van der Waals surface area contributed by atoms with E-state index >= 15 is 0 Å². The van der Waals surface area contributed by atoms with Gasteiger partial charge in [0.05, 0.1) is 37.7 Å². The molecule has 11 nitrogen and oxygen atoms in total. The molecule has 1 aromatic heterocycles. The van der Waals surface area contributed by atoms with E-state index in [2.05, 4.69) is 15.8 Å². The number of para-hydroxylation sites is 2. The molecule has 3 rings (SSSR count). The van der Waals surface area contributed by atoms with E-state index in [4.69, 9.17) is 11.6 Å². The number of Topliss-reactive ketones (excluding diaryl/α,β-unsaturated/α-hetero) is 1. The number of hydrogen-bond donors (Lipinski definition) is 2. The Hall–Kier alpha value is -3.80. The Labute approximate surface area is 223 Å². The highest BCUT2D eigenvalue weighted by molar-refractivity contribution is 6.46. The molecule has 0 saturated heterocycles. The second kappa shape index (κ2) is 12.0. The first-order chi connectivity index (χ1) is 16.9. The molecule has 2 amide bonds. The van der Waals surface area contributed by atoms with Crippen LogP contribution >= 0.6 is 11.6 Å². The number of hydrazone groups is 1. The van der Waals surface area contributed by atoms with Crippen LogP contribution in [-0.4, -0.2) is 60.2 Å². The summed E-state index contributed by atoms with van der Waals surface area (Å²) in [6.07, 6.45) is -0.647. The number of nitrogens with one attached hydrogen (secondary N) is 2. The number of carbonyl (C=O) groups is 3. The molecule has 0 aliphatic carbocycles. The van der Waals surface area contributed by atoms with Gasteiger partial charge in [-0.2, -0.15) is 5.10 Å². The third kappa shape index (κ3) is 7.35. The van der Waals surface area contributed by atoms with Crippen LogP contribution in [0.25, 0.3) is 11.0 Å². The Morgan fingerprint density at radius 2 is 1.70 bits per heavy atom. The van der Waals surface area contributed by atoms with Crippen molar-refractivity contribution in [1.29, 1.82) is 0 Å². The SMILES string of the molecule is Cc1c(C(=O)CC(=NNC(=O)C[N+](C)(C)C)C(=O)Nc2ccc(Cl)cc2)[n+](=O)c2ccccc2n1[O-].[Cl-]. The first-order valence-corrected chi connectivity index (χ1v) is 11.3. The van der Waals surface area contributed by atoms with Gasteiger partial charge in [-0.1, -0.05) is 23.7 Å². The first-order valence-electron chi connectivity index (χ1n) is 10.9. The number of anilines is 1. The number of nitrogens with zero attached hydrogens (tertiary/aromatic N) is 4. The van der Waals surface area contributed by atoms with Gasteiger partial charge in [0, 0.05) is 21.7 Å². The molecule has 3 aromatic rings. The van der Waals surface area contributed by atoms with Crippen LogP contribution in [0.15, 0.2) is 53.6 Å². The standard InChI is InChI=1S/C24H25ClN6O5.ClH/c1-15-23(30(36)20-8-6-5-7-19(20)29(15)35)21(32)13-18(27-28-22(33)14-31(2,3)4)24(34)26-17-11-9-16(25)10-12-17;/h5-12H,13-14H2,1-4H3,(H-,26,28,33,34);1H. The minimum atomic E-state index is -0.816. The summed E-state index contributed by atoms with van der Waals surface area (Å²) < 4.78 is 1.17. The lowest BCUT2D eigenvalue weighted by Crippen LogP contribution is -3.00. The van der Waals surface area contributed by atoms with Gasteiger partial charge in [0.1, 0.15) is 11.2 Å². The largest absolute Gasteiger partial charge is 1.00 e. The van der Waals surface area contributed by atoms with Gasteiger partial charge in [-0.05, 0) is 37.3 Å². The van der Waals surface area contributed by atoms with Crippen LogP contribution in [0.4, 0.5) is 5.69 Å². The topological polar surface area (TPSA) is 139 Å². The maximum atomic E-state index is 13.2. The van der Waals surface area contributed by atoms with Gasteiger partial charge in [-0.3, -0.25) is 14.4 Å². The fraction of sp³-hybridized carbons (Fsp3) is 0.250. The Balaban J connectivity index is 0.00000481. The molecule has 13 heteroatoms. The maximum absolute atomic E-state index is 13.2. The second-order valence-corrected chi connectivity index (χ2v) is 9.55. The maximum Gasteiger partial charge on any atom is 0.325 e. The summed E-state index contributed by atoms with van der Waals surface area (Å²) >= 11 is 5.88. The summed E-state index contributed by atoms with van der Waals surface area (Å²) in [4.78, 5) is 51.4. The van der Waals surface area contributed by atoms with Crippen molar-refractivity contribution in [3.05, 3.63) is 75.1 Å². The molecule has 2 aromatic carbocycles. The molecule has 0 bridgehead atoms. The molecule has 0 unspecified atom stereocenters. The van der Waals surface area contributed by atoms with Crippen molar-refractivity contribution in [2.75, 3.05) is 33.0 Å². The number of hydrogen-bond acceptors (Lipinski definition) is 6. The van der Waals surface area contributed by atoms with E-state index < -0.39 is 29.7 Å². The molecule has 37 heavy (non-hydrogen) atoms. The third-order valence-corrected chi connectivity index (χ3v) is 5.31. The first kappa shape index (κ1) is 29.4. The number of halogens is 2. The number of ketones is 1. The molecule has 0 fully saturated rings. The molecule has 0 radical (unpaired) electrons. The van der Waals surface area contributed by atoms with Crippen LogP contribution in [0.5, 0.6) is 0 Å². The van der Waals surface area contributed by atoms with Crippen LogP contribution in [0, 0.1) is 17.0 Å². The van der Waals surface area contributed by atoms with Gasteiger partial charge < -0.3 is 32.1 Å². The lowest BCUT2D eigenvalue weighted by Gasteiger charge is -2.22. The zero-order valence-electron chi connectivity index (χ0n) is 20.6. The Kier molecular flexibility index (Phi) is 9.51. The van der Waals surface area contributed by atoms with Crippen LogP contribution in [-0.2, 0) is 9.59 Å². The Morgan fingerprint density at radius 3 is 2.32 bits per heavy atom. The quantitative estimate of drug-likeness (QED) is 0.125. The fourth-order valence-electron chi connectivity index (χ4n) is 3.41. The van der Waals surface area contributed by atoms with E-state index in [0.29, 0.717) is 24.4 Å². The van der Waals surface area contributed by atoms with Crippen LogP contribution in [0.2, 0.25) is 5.02 Å². The zero-order valence-corrected chi connectivity index (χ0v) is 22.1. The van der Waals surface area contributed by atoms with Gasteiger partial charge in [0.25, 0.3) is 17.3 Å². The molecule has 1 heterocycles. The lowest BCUT2D eigenvalue weighted by molar-refractivity contribution is -0.862. The smallest absolute Gasteiger partial charge is 0.325 e. The van der Waals surface area contributed by atoms with Crippen molar-refractivity contribution in [3.8, 4) is 0 Å². The van der Waals surface area contributed by atoms with Crippen molar-refractivity contribution in [1.82, 2.24) is 10.2 Å². The monoisotopic (exact) mass is 548 g/mol. The van der Waals surface area contributed by atoms with Crippen molar-refractivity contribution in [2.45, 2.75) is 13.3 Å². The minimum absolute atomic E-state index is 0. The Morgan fingerprint density at radius 1 is 1.08 bits per heavy atom. The fourth-order valence-corrected chi connectivity index (χ4v) is 3.53. The summed E-state index contributed by atoms with van der Waals surface area (Å²) in [6.45, 7) is 1.40. The summed E-state index contributed by atoms with van der Waals surface area (Å²) in [5.41, 5.74) is 1.87. The van der Waals surface area contributed by atoms with Gasteiger partial charge in [0.2, 0.25) is 5.78 Å². The predicted octanol–water partition coefficient (Wildman–Crippen LogP) is -0.743. The zero-order chi connectivity index (χ0) is 26.6. The van der Waals surface area contributed by atoms with Crippen molar-refractivity contribution in [3.63, 3.8) is 0 Å². The van der Waals surface area contributed by atoms with Crippen LogP contribution in [0.1, 0.15) is 22.6 Å². The van der Waals surface area contributed by atoms with Crippen molar-refractivity contribution in [2.24, 2.45) is 5.10 Å². The highest BCUT2D eigenvalue weighted by Crippen LogP contribution is 2.16. The van der Waals surface area contributed by atoms with Gasteiger partial charge in [-0.15, -0.1) is 0 Å². The van der Waals surface area contributed by atoms with E-state index in [0.717, 1.165) is 0 Å². The predicted molar refractivity (Wildman–Crippen MR) is 136 cm³/mol. The number of rotatable bonds is 8. The van der Waals surface area contributed by atoms with E-state index in [-0.39, 0.29) is 41.4 Å².